The van der Waals surface area contributed by atoms with Crippen LogP contribution in [-0.4, -0.2) is 25.8 Å². The number of aromatic nitrogens is 4. The summed E-state index contributed by atoms with van der Waals surface area (Å²) in [5.41, 5.74) is 2.80. The fourth-order valence-electron chi connectivity index (χ4n) is 3.35. The van der Waals surface area contributed by atoms with Crippen molar-refractivity contribution in [2.24, 2.45) is 11.3 Å². The minimum absolute atomic E-state index is 0.00671. The van der Waals surface area contributed by atoms with E-state index in [1.165, 1.54) is 0 Å². The topological polar surface area (TPSA) is 80.7 Å². The molecule has 4 rings (SSSR count). The summed E-state index contributed by atoms with van der Waals surface area (Å²) in [4.78, 5) is 29.8. The van der Waals surface area contributed by atoms with Gasteiger partial charge < -0.3 is 5.32 Å². The van der Waals surface area contributed by atoms with E-state index in [2.05, 4.69) is 34.1 Å². The second-order valence-electron chi connectivity index (χ2n) is 7.57. The van der Waals surface area contributed by atoms with Gasteiger partial charge in [0.1, 0.15) is 5.69 Å². The number of amides is 1. The first kappa shape index (κ1) is 15.2. The lowest BCUT2D eigenvalue weighted by molar-refractivity contribution is -0.123. The number of fused-ring (bicyclic) bond motifs is 1. The van der Waals surface area contributed by atoms with Gasteiger partial charge in [-0.2, -0.15) is 0 Å². The Hall–Kier alpha value is -2.37. The molecular weight excluding hydrogens is 302 g/mol. The van der Waals surface area contributed by atoms with Crippen molar-refractivity contribution in [3.63, 3.8) is 0 Å². The van der Waals surface area contributed by atoms with Gasteiger partial charge in [0.2, 0.25) is 5.91 Å². The molecule has 2 heterocycles. The largest absolute Gasteiger partial charge is 0.349 e. The summed E-state index contributed by atoms with van der Waals surface area (Å²) >= 11 is 0. The summed E-state index contributed by atoms with van der Waals surface area (Å²) in [6, 6.07) is -0.00671. The first-order chi connectivity index (χ1) is 11.5. The molecule has 1 amide bonds. The zero-order chi connectivity index (χ0) is 16.7. The van der Waals surface area contributed by atoms with E-state index in [1.54, 1.807) is 18.6 Å². The smallest absolute Gasteiger partial charge is 0.223 e. The van der Waals surface area contributed by atoms with E-state index in [9.17, 15) is 4.79 Å². The third kappa shape index (κ3) is 3.00. The van der Waals surface area contributed by atoms with Crippen LogP contribution in [0.5, 0.6) is 0 Å². The molecule has 124 valence electrons. The molecule has 0 bridgehead atoms. The summed E-state index contributed by atoms with van der Waals surface area (Å²) in [7, 11) is 0. The summed E-state index contributed by atoms with van der Waals surface area (Å²) in [6.45, 7) is 4.44. The average molecular weight is 323 g/mol. The van der Waals surface area contributed by atoms with E-state index in [-0.39, 0.29) is 23.3 Å². The molecule has 2 aliphatic carbocycles. The molecule has 1 saturated carbocycles. The van der Waals surface area contributed by atoms with Crippen LogP contribution >= 0.6 is 0 Å². The fourth-order valence-corrected chi connectivity index (χ4v) is 3.35. The highest BCUT2D eigenvalue weighted by Crippen LogP contribution is 2.41. The molecule has 0 unspecified atom stereocenters. The Balaban J connectivity index is 1.67. The van der Waals surface area contributed by atoms with Crippen LogP contribution in [0.25, 0.3) is 11.5 Å². The summed E-state index contributed by atoms with van der Waals surface area (Å²) < 4.78 is 0. The number of nitrogens with zero attached hydrogens (tertiary/aromatic N) is 4. The number of hydrogen-bond acceptors (Lipinski definition) is 5. The van der Waals surface area contributed by atoms with Crippen LogP contribution in [0, 0.1) is 11.3 Å². The lowest BCUT2D eigenvalue weighted by Gasteiger charge is -2.36. The van der Waals surface area contributed by atoms with Gasteiger partial charge in [0.05, 0.1) is 17.9 Å². The van der Waals surface area contributed by atoms with Crippen molar-refractivity contribution in [2.45, 2.75) is 45.6 Å². The molecule has 1 atom stereocenters. The first-order valence-corrected chi connectivity index (χ1v) is 8.44. The minimum atomic E-state index is -0.00671. The van der Waals surface area contributed by atoms with E-state index in [4.69, 9.17) is 4.98 Å². The van der Waals surface area contributed by atoms with Crippen LogP contribution in [0.2, 0.25) is 0 Å². The van der Waals surface area contributed by atoms with Gasteiger partial charge in [-0.3, -0.25) is 9.78 Å². The standard InChI is InChI=1S/C18H21N5O/c1-18(2)7-13-12(14(8-18)23-17(24)11-3-4-11)9-21-16(22-13)15-10-19-5-6-20-15/h5-6,9-11,14H,3-4,7-8H2,1-2H3,(H,23,24)/t14-/m1/s1. The molecule has 0 aliphatic heterocycles. The third-order valence-corrected chi connectivity index (χ3v) is 4.74. The van der Waals surface area contributed by atoms with Crippen molar-refractivity contribution < 1.29 is 4.79 Å². The molecule has 0 aromatic carbocycles. The van der Waals surface area contributed by atoms with Gasteiger partial charge in [0.25, 0.3) is 0 Å². The molecule has 0 spiro atoms. The van der Waals surface area contributed by atoms with Gasteiger partial charge in [0.15, 0.2) is 5.82 Å². The Morgan fingerprint density at radius 3 is 2.75 bits per heavy atom. The Bertz CT molecular complexity index is 770. The third-order valence-electron chi connectivity index (χ3n) is 4.74. The van der Waals surface area contributed by atoms with Crippen LogP contribution in [0.3, 0.4) is 0 Å². The van der Waals surface area contributed by atoms with Gasteiger partial charge in [-0.25, -0.2) is 15.0 Å². The summed E-state index contributed by atoms with van der Waals surface area (Å²) in [5, 5.41) is 3.20. The van der Waals surface area contributed by atoms with Crippen molar-refractivity contribution >= 4 is 5.91 Å². The average Bonchev–Trinajstić information content (AvgIpc) is 3.39. The molecule has 2 aromatic heterocycles. The highest BCUT2D eigenvalue weighted by molar-refractivity contribution is 5.81. The molecule has 24 heavy (non-hydrogen) atoms. The molecule has 0 radical (unpaired) electrons. The van der Waals surface area contributed by atoms with Crippen LogP contribution in [-0.2, 0) is 11.2 Å². The lowest BCUT2D eigenvalue weighted by atomic mass is 9.74. The van der Waals surface area contributed by atoms with E-state index >= 15 is 0 Å². The van der Waals surface area contributed by atoms with Crippen molar-refractivity contribution in [1.82, 2.24) is 25.3 Å². The molecule has 2 aromatic rings. The molecular formula is C18H21N5O. The van der Waals surface area contributed by atoms with Crippen LogP contribution in [0.15, 0.2) is 24.8 Å². The van der Waals surface area contributed by atoms with Crippen LogP contribution in [0.1, 0.15) is 50.4 Å². The van der Waals surface area contributed by atoms with E-state index in [0.717, 1.165) is 36.9 Å². The highest BCUT2D eigenvalue weighted by atomic mass is 16.2. The fraction of sp³-hybridized carbons (Fsp3) is 0.500. The Morgan fingerprint density at radius 1 is 1.21 bits per heavy atom. The first-order valence-electron chi connectivity index (χ1n) is 8.44. The number of nitrogens with one attached hydrogen (secondary N) is 1. The van der Waals surface area contributed by atoms with Crippen molar-refractivity contribution in [1.29, 1.82) is 0 Å². The molecule has 2 aliphatic rings. The maximum atomic E-state index is 12.2. The molecule has 1 N–H and O–H groups in total. The maximum Gasteiger partial charge on any atom is 0.223 e. The van der Waals surface area contributed by atoms with E-state index < -0.39 is 0 Å². The Kier molecular flexibility index (Phi) is 3.55. The highest BCUT2D eigenvalue weighted by Gasteiger charge is 2.37. The SMILES string of the molecule is CC1(C)Cc2nc(-c3cnccn3)ncc2[C@H](NC(=O)C2CC2)C1. The number of carbonyl (C=O) groups is 1. The van der Waals surface area contributed by atoms with Gasteiger partial charge in [-0.05, 0) is 31.1 Å². The lowest BCUT2D eigenvalue weighted by Crippen LogP contribution is -2.37. The van der Waals surface area contributed by atoms with Crippen LogP contribution in [0.4, 0.5) is 0 Å². The summed E-state index contributed by atoms with van der Waals surface area (Å²) in [6.07, 6.45) is 10.6. The number of carbonyl (C=O) groups excluding carboxylic acids is 1. The van der Waals surface area contributed by atoms with Gasteiger partial charge in [-0.15, -0.1) is 0 Å². The van der Waals surface area contributed by atoms with Crippen molar-refractivity contribution in [3.8, 4) is 11.5 Å². The predicted octanol–water partition coefficient (Wildman–Crippen LogP) is 2.47. The molecule has 6 nitrogen and oxygen atoms in total. The van der Waals surface area contributed by atoms with Crippen LogP contribution < -0.4 is 5.32 Å². The molecule has 0 saturated heterocycles. The Morgan fingerprint density at radius 2 is 2.04 bits per heavy atom. The Labute approximate surface area is 141 Å². The second-order valence-corrected chi connectivity index (χ2v) is 7.57. The van der Waals surface area contributed by atoms with Gasteiger partial charge in [-0.1, -0.05) is 13.8 Å². The normalized spacial score (nSPS) is 21.8. The minimum Gasteiger partial charge on any atom is -0.349 e. The quantitative estimate of drug-likeness (QED) is 0.938. The molecule has 6 heteroatoms. The van der Waals surface area contributed by atoms with E-state index in [1.807, 2.05) is 6.20 Å². The summed E-state index contributed by atoms with van der Waals surface area (Å²) in [5.74, 6) is 0.965. The zero-order valence-corrected chi connectivity index (χ0v) is 14.0. The predicted molar refractivity (Wildman–Crippen MR) is 88.8 cm³/mol. The van der Waals surface area contributed by atoms with Crippen molar-refractivity contribution in [2.75, 3.05) is 0 Å². The number of hydrogen-bond donors (Lipinski definition) is 1. The van der Waals surface area contributed by atoms with Crippen molar-refractivity contribution in [3.05, 3.63) is 36.0 Å². The van der Waals surface area contributed by atoms with Gasteiger partial charge >= 0.3 is 0 Å². The van der Waals surface area contributed by atoms with E-state index in [0.29, 0.717) is 11.5 Å². The molecule has 1 fully saturated rings. The zero-order valence-electron chi connectivity index (χ0n) is 14.0. The number of rotatable bonds is 3. The monoisotopic (exact) mass is 323 g/mol. The second kappa shape index (κ2) is 5.61. The van der Waals surface area contributed by atoms with Gasteiger partial charge in [0, 0.05) is 30.1 Å². The maximum absolute atomic E-state index is 12.2.